The molecule has 6 heteroatoms. The highest BCUT2D eigenvalue weighted by Crippen LogP contribution is 2.31. The Bertz CT molecular complexity index is 702. The molecule has 2 heterocycles. The van der Waals surface area contributed by atoms with Gasteiger partial charge in [-0.3, -0.25) is 4.79 Å². The number of hydrogen-bond donors (Lipinski definition) is 1. The molecule has 0 bridgehead atoms. The van der Waals surface area contributed by atoms with Gasteiger partial charge < -0.3 is 14.5 Å². The van der Waals surface area contributed by atoms with Crippen molar-refractivity contribution < 1.29 is 18.8 Å². The van der Waals surface area contributed by atoms with E-state index in [0.29, 0.717) is 24.3 Å². The van der Waals surface area contributed by atoms with Crippen LogP contribution >= 0.6 is 0 Å². The number of hydrogen-bond acceptors (Lipinski definition) is 4. The number of halogens is 1. The normalized spacial score (nSPS) is 16.7. The van der Waals surface area contributed by atoms with Crippen LogP contribution in [0.4, 0.5) is 4.39 Å². The number of likely N-dealkylation sites (tertiary alicyclic amines) is 1. The van der Waals surface area contributed by atoms with E-state index in [-0.39, 0.29) is 23.0 Å². The van der Waals surface area contributed by atoms with E-state index in [4.69, 9.17) is 4.52 Å². The summed E-state index contributed by atoms with van der Waals surface area (Å²) >= 11 is 0. The number of carbonyl (C=O) groups is 1. The lowest BCUT2D eigenvalue weighted by atomic mass is 10.0. The molecule has 1 N–H and O–H groups in total. The molecule has 0 spiro atoms. The molecule has 24 heavy (non-hydrogen) atoms. The first-order valence-corrected chi connectivity index (χ1v) is 8.31. The maximum Gasteiger partial charge on any atom is 0.259 e. The van der Waals surface area contributed by atoms with Gasteiger partial charge in [-0.1, -0.05) is 18.0 Å². The third-order valence-corrected chi connectivity index (χ3v) is 4.32. The molecule has 2 aromatic rings. The Morgan fingerprint density at radius 2 is 1.83 bits per heavy atom. The fourth-order valence-electron chi connectivity index (χ4n) is 3.03. The molecule has 1 amide bonds. The fraction of sp³-hybridized carbons (Fsp3) is 0.444. The number of benzene rings is 1. The number of aliphatic hydroxyl groups excluding tert-OH is 1. The van der Waals surface area contributed by atoms with E-state index < -0.39 is 6.10 Å². The van der Waals surface area contributed by atoms with Crippen LogP contribution in [0.25, 0.3) is 11.3 Å². The van der Waals surface area contributed by atoms with E-state index in [2.05, 4.69) is 5.16 Å². The Labute approximate surface area is 140 Å². The fourth-order valence-corrected chi connectivity index (χ4v) is 3.03. The van der Waals surface area contributed by atoms with Crippen LogP contribution in [0.15, 0.2) is 28.8 Å². The van der Waals surface area contributed by atoms with Crippen LogP contribution in [0.5, 0.6) is 0 Å². The summed E-state index contributed by atoms with van der Waals surface area (Å²) in [7, 11) is 0. The van der Waals surface area contributed by atoms with Gasteiger partial charge in [-0.2, -0.15) is 0 Å². The maximum atomic E-state index is 13.2. The highest BCUT2D eigenvalue weighted by molar-refractivity contribution is 6.01. The van der Waals surface area contributed by atoms with Gasteiger partial charge >= 0.3 is 0 Å². The first-order valence-electron chi connectivity index (χ1n) is 8.31. The number of nitrogens with zero attached hydrogens (tertiary/aromatic N) is 2. The van der Waals surface area contributed by atoms with Crippen LogP contribution in [0.2, 0.25) is 0 Å². The second kappa shape index (κ2) is 7.13. The Morgan fingerprint density at radius 3 is 2.42 bits per heavy atom. The summed E-state index contributed by atoms with van der Waals surface area (Å²) in [6.45, 7) is 2.91. The molecule has 128 valence electrons. The molecule has 1 aromatic carbocycles. The largest absolute Gasteiger partial charge is 0.385 e. The molecule has 1 aliphatic heterocycles. The van der Waals surface area contributed by atoms with Crippen LogP contribution in [-0.2, 0) is 0 Å². The van der Waals surface area contributed by atoms with Crippen molar-refractivity contribution >= 4 is 5.91 Å². The minimum atomic E-state index is -0.947. The van der Waals surface area contributed by atoms with Gasteiger partial charge in [0.1, 0.15) is 23.2 Å². The van der Waals surface area contributed by atoms with Crippen molar-refractivity contribution in [3.8, 4) is 11.3 Å². The third kappa shape index (κ3) is 3.33. The van der Waals surface area contributed by atoms with Crippen LogP contribution in [0.1, 0.15) is 54.8 Å². The molecular weight excluding hydrogens is 311 g/mol. The quantitative estimate of drug-likeness (QED) is 0.933. The van der Waals surface area contributed by atoms with Crippen molar-refractivity contribution in [1.29, 1.82) is 0 Å². The van der Waals surface area contributed by atoms with Crippen LogP contribution in [0, 0.1) is 5.82 Å². The zero-order valence-electron chi connectivity index (χ0n) is 13.7. The first kappa shape index (κ1) is 16.6. The summed E-state index contributed by atoms with van der Waals surface area (Å²) in [6.07, 6.45) is 3.21. The second-order valence-corrected chi connectivity index (χ2v) is 6.16. The van der Waals surface area contributed by atoms with E-state index in [1.165, 1.54) is 19.1 Å². The van der Waals surface area contributed by atoms with Gasteiger partial charge in [-0.05, 0) is 44.0 Å². The summed E-state index contributed by atoms with van der Waals surface area (Å²) in [4.78, 5) is 14.8. The van der Waals surface area contributed by atoms with Gasteiger partial charge in [-0.25, -0.2) is 4.39 Å². The average molecular weight is 332 g/mol. The van der Waals surface area contributed by atoms with Crippen LogP contribution in [-0.4, -0.2) is 34.2 Å². The van der Waals surface area contributed by atoms with Crippen molar-refractivity contribution in [2.75, 3.05) is 13.1 Å². The zero-order chi connectivity index (χ0) is 17.1. The van der Waals surface area contributed by atoms with Crippen LogP contribution < -0.4 is 0 Å². The molecule has 0 unspecified atom stereocenters. The summed E-state index contributed by atoms with van der Waals surface area (Å²) < 4.78 is 18.4. The molecule has 0 radical (unpaired) electrons. The molecule has 1 aliphatic rings. The molecule has 5 nitrogen and oxygen atoms in total. The zero-order valence-corrected chi connectivity index (χ0v) is 13.7. The number of carbonyl (C=O) groups excluding carboxylic acids is 1. The monoisotopic (exact) mass is 332 g/mol. The van der Waals surface area contributed by atoms with Gasteiger partial charge in [0.15, 0.2) is 5.76 Å². The maximum absolute atomic E-state index is 13.2. The average Bonchev–Trinajstić information content (AvgIpc) is 2.83. The third-order valence-electron chi connectivity index (χ3n) is 4.32. The summed E-state index contributed by atoms with van der Waals surface area (Å²) in [5, 5.41) is 13.9. The van der Waals surface area contributed by atoms with Crippen molar-refractivity contribution in [2.24, 2.45) is 0 Å². The Kier molecular flexibility index (Phi) is 4.94. The van der Waals surface area contributed by atoms with Gasteiger partial charge in [0.25, 0.3) is 5.91 Å². The minimum absolute atomic E-state index is 0.156. The van der Waals surface area contributed by atoms with E-state index >= 15 is 0 Å². The smallest absolute Gasteiger partial charge is 0.259 e. The molecule has 1 saturated heterocycles. The number of aromatic nitrogens is 1. The van der Waals surface area contributed by atoms with E-state index in [1.807, 2.05) is 0 Å². The summed E-state index contributed by atoms with van der Waals surface area (Å²) in [6, 6.07) is 5.73. The topological polar surface area (TPSA) is 66.6 Å². The van der Waals surface area contributed by atoms with E-state index in [9.17, 15) is 14.3 Å². The van der Waals surface area contributed by atoms with E-state index in [1.54, 1.807) is 17.0 Å². The lowest BCUT2D eigenvalue weighted by molar-refractivity contribution is 0.0750. The van der Waals surface area contributed by atoms with Crippen molar-refractivity contribution in [3.63, 3.8) is 0 Å². The molecule has 3 rings (SSSR count). The molecular formula is C18H21FN2O3. The molecule has 0 saturated carbocycles. The second-order valence-electron chi connectivity index (χ2n) is 6.16. The molecule has 1 atom stereocenters. The van der Waals surface area contributed by atoms with Crippen molar-refractivity contribution in [2.45, 2.75) is 38.7 Å². The SMILES string of the molecule is C[C@H](O)c1onc(-c2ccc(F)cc2)c1C(=O)N1CCCCCC1. The van der Waals surface area contributed by atoms with Crippen LogP contribution in [0.3, 0.4) is 0 Å². The predicted octanol–water partition coefficient (Wildman–Crippen LogP) is 3.55. The molecule has 0 aliphatic carbocycles. The lowest BCUT2D eigenvalue weighted by Crippen LogP contribution is -2.32. The number of rotatable bonds is 3. The standard InChI is InChI=1S/C18H21FN2O3/c1-12(22)17-15(18(23)21-10-4-2-3-5-11-21)16(20-24-17)13-6-8-14(19)9-7-13/h6-9,12,22H,2-5,10-11H2,1H3/t12-/m0/s1. The summed E-state index contributed by atoms with van der Waals surface area (Å²) in [5.41, 5.74) is 1.21. The molecule has 1 aromatic heterocycles. The van der Waals surface area contributed by atoms with Gasteiger partial charge in [0.05, 0.1) is 0 Å². The first-order chi connectivity index (χ1) is 11.6. The highest BCUT2D eigenvalue weighted by Gasteiger charge is 2.30. The van der Waals surface area contributed by atoms with Gasteiger partial charge in [-0.15, -0.1) is 0 Å². The summed E-state index contributed by atoms with van der Waals surface area (Å²) in [5.74, 6) is -0.393. The van der Waals surface area contributed by atoms with Gasteiger partial charge in [0, 0.05) is 18.7 Å². The Morgan fingerprint density at radius 1 is 1.21 bits per heavy atom. The predicted molar refractivity (Wildman–Crippen MR) is 86.9 cm³/mol. The lowest BCUT2D eigenvalue weighted by Gasteiger charge is -2.20. The van der Waals surface area contributed by atoms with Crippen molar-refractivity contribution in [3.05, 3.63) is 41.4 Å². The van der Waals surface area contributed by atoms with Crippen molar-refractivity contribution in [1.82, 2.24) is 10.1 Å². The Hall–Kier alpha value is -2.21. The highest BCUT2D eigenvalue weighted by atomic mass is 19.1. The molecule has 1 fully saturated rings. The minimum Gasteiger partial charge on any atom is -0.385 e. The van der Waals surface area contributed by atoms with Gasteiger partial charge in [0.2, 0.25) is 0 Å². The Balaban J connectivity index is 2.02. The number of amides is 1. The van der Waals surface area contributed by atoms with E-state index in [0.717, 1.165) is 25.7 Å². The number of aliphatic hydroxyl groups is 1.